The molecular weight excluding hydrogens is 263 g/mol. The van der Waals surface area contributed by atoms with E-state index in [1.54, 1.807) is 6.92 Å². The molecule has 0 aliphatic rings. The predicted molar refractivity (Wildman–Crippen MR) is 73.8 cm³/mol. The summed E-state index contributed by atoms with van der Waals surface area (Å²) in [5, 5.41) is 0. The Balaban J connectivity index is 2.11. The first kappa shape index (κ1) is 14.3. The number of aliphatic imine (C=N–C) groups is 1. The minimum Gasteiger partial charge on any atom is -0.285 e. The quantitative estimate of drug-likeness (QED) is 0.720. The Morgan fingerprint density at radius 1 is 0.950 bits per heavy atom. The standard InChI is InChI=1S/C16H14F3N/c1-12(20-11-13-5-3-2-4-6-13)14-7-9-15(10-8-14)16(17,18)19/h2-10H,11H2,1H3. The van der Waals surface area contributed by atoms with E-state index in [0.717, 1.165) is 23.4 Å². The summed E-state index contributed by atoms with van der Waals surface area (Å²) in [6.45, 7) is 2.32. The fourth-order valence-electron chi connectivity index (χ4n) is 1.78. The molecule has 104 valence electrons. The van der Waals surface area contributed by atoms with Gasteiger partial charge in [-0.1, -0.05) is 42.5 Å². The van der Waals surface area contributed by atoms with Crippen LogP contribution in [0.1, 0.15) is 23.6 Å². The third-order valence-electron chi connectivity index (χ3n) is 2.97. The molecule has 0 saturated carbocycles. The van der Waals surface area contributed by atoms with Crippen molar-refractivity contribution in [3.05, 3.63) is 71.3 Å². The maximum atomic E-state index is 12.5. The highest BCUT2D eigenvalue weighted by Crippen LogP contribution is 2.29. The van der Waals surface area contributed by atoms with Crippen molar-refractivity contribution in [2.24, 2.45) is 4.99 Å². The van der Waals surface area contributed by atoms with Crippen LogP contribution in [0.25, 0.3) is 0 Å². The second-order valence-corrected chi connectivity index (χ2v) is 4.46. The maximum absolute atomic E-state index is 12.5. The lowest BCUT2D eigenvalue weighted by molar-refractivity contribution is -0.137. The molecule has 0 radical (unpaired) electrons. The molecule has 0 aliphatic heterocycles. The Hall–Kier alpha value is -2.10. The van der Waals surface area contributed by atoms with Crippen molar-refractivity contribution in [3.63, 3.8) is 0 Å². The molecule has 2 rings (SSSR count). The Kier molecular flexibility index (Phi) is 4.23. The van der Waals surface area contributed by atoms with Gasteiger partial charge < -0.3 is 0 Å². The van der Waals surface area contributed by atoms with Crippen molar-refractivity contribution in [1.29, 1.82) is 0 Å². The Morgan fingerprint density at radius 3 is 2.10 bits per heavy atom. The molecule has 2 aromatic carbocycles. The van der Waals surface area contributed by atoms with Crippen molar-refractivity contribution >= 4 is 5.71 Å². The van der Waals surface area contributed by atoms with Crippen LogP contribution in [0.4, 0.5) is 13.2 Å². The lowest BCUT2D eigenvalue weighted by Gasteiger charge is -2.07. The van der Waals surface area contributed by atoms with Gasteiger partial charge in [-0.2, -0.15) is 13.2 Å². The largest absolute Gasteiger partial charge is 0.416 e. The van der Waals surface area contributed by atoms with E-state index in [1.807, 2.05) is 30.3 Å². The number of benzene rings is 2. The Bertz CT molecular complexity index is 583. The molecule has 2 aromatic rings. The molecule has 1 nitrogen and oxygen atoms in total. The zero-order chi connectivity index (χ0) is 14.6. The fraction of sp³-hybridized carbons (Fsp3) is 0.188. The van der Waals surface area contributed by atoms with Crippen molar-refractivity contribution < 1.29 is 13.2 Å². The molecule has 0 fully saturated rings. The summed E-state index contributed by atoms with van der Waals surface area (Å²) in [7, 11) is 0. The number of alkyl halides is 3. The van der Waals surface area contributed by atoms with Crippen LogP contribution in [0.2, 0.25) is 0 Å². The summed E-state index contributed by atoms with van der Waals surface area (Å²) in [4.78, 5) is 4.39. The van der Waals surface area contributed by atoms with E-state index in [9.17, 15) is 13.2 Å². The normalized spacial score (nSPS) is 12.5. The third kappa shape index (κ3) is 3.70. The van der Waals surface area contributed by atoms with E-state index in [4.69, 9.17) is 0 Å². The van der Waals surface area contributed by atoms with Gasteiger partial charge >= 0.3 is 6.18 Å². The van der Waals surface area contributed by atoms with Gasteiger partial charge in [-0.15, -0.1) is 0 Å². The number of hydrogen-bond acceptors (Lipinski definition) is 1. The van der Waals surface area contributed by atoms with Crippen LogP contribution in [0, 0.1) is 0 Å². The summed E-state index contributed by atoms with van der Waals surface area (Å²) < 4.78 is 37.4. The van der Waals surface area contributed by atoms with Crippen LogP contribution in [-0.4, -0.2) is 5.71 Å². The molecule has 0 heterocycles. The van der Waals surface area contributed by atoms with E-state index >= 15 is 0 Å². The summed E-state index contributed by atoms with van der Waals surface area (Å²) in [6.07, 6.45) is -4.30. The Labute approximate surface area is 115 Å². The highest BCUT2D eigenvalue weighted by Gasteiger charge is 2.29. The first-order valence-corrected chi connectivity index (χ1v) is 6.19. The summed E-state index contributed by atoms with van der Waals surface area (Å²) >= 11 is 0. The van der Waals surface area contributed by atoms with Crippen molar-refractivity contribution in [1.82, 2.24) is 0 Å². The van der Waals surface area contributed by atoms with Gasteiger partial charge in [0, 0.05) is 5.71 Å². The van der Waals surface area contributed by atoms with Gasteiger partial charge in [0.05, 0.1) is 12.1 Å². The van der Waals surface area contributed by atoms with Gasteiger partial charge in [0.2, 0.25) is 0 Å². The zero-order valence-electron chi connectivity index (χ0n) is 11.0. The second kappa shape index (κ2) is 5.90. The minimum absolute atomic E-state index is 0.522. The molecule has 0 amide bonds. The van der Waals surface area contributed by atoms with Gasteiger partial charge in [0.15, 0.2) is 0 Å². The van der Waals surface area contributed by atoms with Crippen molar-refractivity contribution in [3.8, 4) is 0 Å². The Morgan fingerprint density at radius 2 is 1.55 bits per heavy atom. The van der Waals surface area contributed by atoms with E-state index in [1.165, 1.54) is 12.1 Å². The van der Waals surface area contributed by atoms with Gasteiger partial charge in [-0.05, 0) is 30.2 Å². The molecule has 4 heteroatoms. The van der Waals surface area contributed by atoms with E-state index in [2.05, 4.69) is 4.99 Å². The number of hydrogen-bond donors (Lipinski definition) is 0. The lowest BCUT2D eigenvalue weighted by atomic mass is 10.1. The molecule has 0 bridgehead atoms. The van der Waals surface area contributed by atoms with Gasteiger partial charge in [-0.3, -0.25) is 4.99 Å². The first-order chi connectivity index (χ1) is 9.47. The van der Waals surface area contributed by atoms with Gasteiger partial charge in [0.25, 0.3) is 0 Å². The van der Waals surface area contributed by atoms with Crippen molar-refractivity contribution in [2.45, 2.75) is 19.6 Å². The zero-order valence-corrected chi connectivity index (χ0v) is 11.0. The summed E-state index contributed by atoms with van der Waals surface area (Å²) in [5.41, 5.74) is 1.85. The third-order valence-corrected chi connectivity index (χ3v) is 2.97. The first-order valence-electron chi connectivity index (χ1n) is 6.19. The van der Waals surface area contributed by atoms with E-state index < -0.39 is 11.7 Å². The van der Waals surface area contributed by atoms with Gasteiger partial charge in [-0.25, -0.2) is 0 Å². The highest BCUT2D eigenvalue weighted by atomic mass is 19.4. The topological polar surface area (TPSA) is 12.4 Å². The minimum atomic E-state index is -4.30. The molecule has 0 saturated heterocycles. The van der Waals surface area contributed by atoms with Crippen LogP contribution in [0.3, 0.4) is 0 Å². The lowest BCUT2D eigenvalue weighted by Crippen LogP contribution is -2.05. The second-order valence-electron chi connectivity index (χ2n) is 4.46. The highest BCUT2D eigenvalue weighted by molar-refractivity contribution is 5.98. The van der Waals surface area contributed by atoms with Crippen LogP contribution in [0.5, 0.6) is 0 Å². The van der Waals surface area contributed by atoms with Crippen LogP contribution in [0.15, 0.2) is 59.6 Å². The summed E-state index contributed by atoms with van der Waals surface area (Å²) in [5.74, 6) is 0. The van der Waals surface area contributed by atoms with Crippen LogP contribution >= 0.6 is 0 Å². The number of halogens is 3. The smallest absolute Gasteiger partial charge is 0.285 e. The SMILES string of the molecule is CC(=NCc1ccccc1)c1ccc(C(F)(F)F)cc1. The van der Waals surface area contributed by atoms with Crippen LogP contribution in [-0.2, 0) is 12.7 Å². The van der Waals surface area contributed by atoms with Crippen molar-refractivity contribution in [2.75, 3.05) is 0 Å². The van der Waals surface area contributed by atoms with Crippen LogP contribution < -0.4 is 0 Å². The molecule has 0 N–H and O–H groups in total. The average Bonchev–Trinajstić information content (AvgIpc) is 2.45. The molecule has 0 aliphatic carbocycles. The summed E-state index contributed by atoms with van der Waals surface area (Å²) in [6, 6.07) is 14.8. The molecule has 0 atom stereocenters. The fourth-order valence-corrected chi connectivity index (χ4v) is 1.78. The van der Waals surface area contributed by atoms with E-state index in [-0.39, 0.29) is 0 Å². The molecule has 20 heavy (non-hydrogen) atoms. The monoisotopic (exact) mass is 277 g/mol. The molecule has 0 aromatic heterocycles. The molecule has 0 unspecified atom stereocenters. The average molecular weight is 277 g/mol. The predicted octanol–water partition coefficient (Wildman–Crippen LogP) is 4.71. The maximum Gasteiger partial charge on any atom is 0.416 e. The van der Waals surface area contributed by atoms with E-state index in [0.29, 0.717) is 12.1 Å². The number of rotatable bonds is 3. The van der Waals surface area contributed by atoms with Gasteiger partial charge in [0.1, 0.15) is 0 Å². The molecular formula is C16H14F3N. The number of nitrogens with zero attached hydrogens (tertiary/aromatic N) is 1. The molecule has 0 spiro atoms.